The Labute approximate surface area is 762 Å². The number of hydrogen-bond donors (Lipinski definition) is 0. The zero-order valence-electron chi connectivity index (χ0n) is 73.3. The smallest absolute Gasteiger partial charge is 0.164 e. The van der Waals surface area contributed by atoms with Crippen LogP contribution in [0.2, 0.25) is 0 Å². The van der Waals surface area contributed by atoms with E-state index in [0.29, 0.717) is 52.4 Å². The van der Waals surface area contributed by atoms with Crippen LogP contribution in [-0.2, 0) is 16.2 Å². The fourth-order valence-electron chi connectivity index (χ4n) is 20.4. The molecule has 6 heterocycles. The molecule has 26 rings (SSSR count). The van der Waals surface area contributed by atoms with Crippen molar-refractivity contribution in [3.05, 3.63) is 428 Å². The van der Waals surface area contributed by atoms with Gasteiger partial charge >= 0.3 is 0 Å². The van der Waals surface area contributed by atoms with E-state index in [1.54, 1.807) is 0 Å². The van der Waals surface area contributed by atoms with Gasteiger partial charge in [-0.15, -0.1) is 0 Å². The molecular weight excluding hydrogens is 1620 g/mol. The molecule has 0 spiro atoms. The fourth-order valence-corrected chi connectivity index (χ4v) is 20.4. The van der Waals surface area contributed by atoms with Crippen molar-refractivity contribution in [2.24, 2.45) is 0 Å². The number of aromatic nitrogens is 9. The molecule has 0 amide bonds. The first-order chi connectivity index (χ1) is 64.7. The van der Waals surface area contributed by atoms with Crippen LogP contribution in [0.1, 0.15) is 74.9 Å². The SMILES string of the molecule is CC1(C)c2cc3c(cc2-c2cccc(-c4ccc(-c5nc(-c6ccccc6)nc(-c6ccccc6)n5)cc4)c21)oc1ccccc13.CC1(C)c2cc3c(cc2-c2cccc(-c4nc(-c5ccccc5)nc(-c5ccc6oc7ccccc7c6c5)n4)c21)oc1ccccc13.CC1(C)c2ccccc2-c2cccc(-c3cccc(-c4nc(-c5ccccc5)nc(-c5ccccc5)n4)c3)c21. The van der Waals surface area contributed by atoms with E-state index in [1.807, 2.05) is 206 Å². The van der Waals surface area contributed by atoms with Crippen LogP contribution in [0.4, 0.5) is 0 Å². The second-order valence-corrected chi connectivity index (χ2v) is 35.8. The van der Waals surface area contributed by atoms with Crippen molar-refractivity contribution in [1.29, 1.82) is 0 Å². The van der Waals surface area contributed by atoms with Crippen LogP contribution in [0.5, 0.6) is 0 Å². The summed E-state index contributed by atoms with van der Waals surface area (Å²) in [5, 5.41) is 6.71. The van der Waals surface area contributed by atoms with E-state index in [0.717, 1.165) is 122 Å². The molecule has 3 aliphatic carbocycles. The molecule has 23 aromatic rings. The topological polar surface area (TPSA) is 155 Å². The molecule has 17 aromatic carbocycles. The Kier molecular flexibility index (Phi) is 18.6. The van der Waals surface area contributed by atoms with Gasteiger partial charge in [-0.3, -0.25) is 0 Å². The monoisotopic (exact) mass is 1700 g/mol. The number of nitrogens with zero attached hydrogens (tertiary/aromatic N) is 9. The summed E-state index contributed by atoms with van der Waals surface area (Å²) in [7, 11) is 0. The molecule has 0 saturated carbocycles. The lowest BCUT2D eigenvalue weighted by Gasteiger charge is -2.24. The van der Waals surface area contributed by atoms with E-state index in [4.69, 9.17) is 58.1 Å². The molecule has 626 valence electrons. The molecule has 12 heteroatoms. The highest BCUT2D eigenvalue weighted by Crippen LogP contribution is 2.57. The van der Waals surface area contributed by atoms with Gasteiger partial charge in [0.1, 0.15) is 33.5 Å². The minimum Gasteiger partial charge on any atom is -0.456 e. The van der Waals surface area contributed by atoms with Crippen LogP contribution in [-0.4, -0.2) is 44.9 Å². The number of fused-ring (bicyclic) bond motifs is 18. The van der Waals surface area contributed by atoms with Crippen molar-refractivity contribution in [3.63, 3.8) is 0 Å². The van der Waals surface area contributed by atoms with Crippen LogP contribution in [0, 0.1) is 0 Å². The maximum atomic E-state index is 6.32. The molecule has 0 saturated heterocycles. The van der Waals surface area contributed by atoms with Crippen LogP contribution >= 0.6 is 0 Å². The highest BCUT2D eigenvalue weighted by molar-refractivity contribution is 6.10. The Hall–Kier alpha value is -16.8. The third-order valence-corrected chi connectivity index (χ3v) is 26.7. The summed E-state index contributed by atoms with van der Waals surface area (Å²) >= 11 is 0. The summed E-state index contributed by atoms with van der Waals surface area (Å²) in [5.41, 5.74) is 33.6. The summed E-state index contributed by atoms with van der Waals surface area (Å²) in [6.45, 7) is 13.9. The quantitative estimate of drug-likeness (QED) is 0.121. The van der Waals surface area contributed by atoms with Crippen molar-refractivity contribution < 1.29 is 13.3 Å². The first kappa shape index (κ1) is 78.6. The lowest BCUT2D eigenvalue weighted by molar-refractivity contribution is 0.658. The Morgan fingerprint density at radius 1 is 0.152 bits per heavy atom. The van der Waals surface area contributed by atoms with Gasteiger partial charge in [0, 0.05) is 98.6 Å². The van der Waals surface area contributed by atoms with Crippen LogP contribution in [0.25, 0.3) is 224 Å². The summed E-state index contributed by atoms with van der Waals surface area (Å²) in [6, 6.07) is 136. The number of para-hydroxylation sites is 3. The average Bonchev–Trinajstić information content (AvgIpc) is 1.56. The minimum atomic E-state index is -0.303. The molecule has 0 N–H and O–H groups in total. The van der Waals surface area contributed by atoms with E-state index in [-0.39, 0.29) is 16.2 Å². The average molecular weight is 1700 g/mol. The van der Waals surface area contributed by atoms with Crippen LogP contribution < -0.4 is 0 Å². The number of benzene rings is 17. The van der Waals surface area contributed by atoms with E-state index in [1.165, 1.54) is 83.3 Å². The molecule has 0 radical (unpaired) electrons. The zero-order valence-corrected chi connectivity index (χ0v) is 73.3. The van der Waals surface area contributed by atoms with Crippen molar-refractivity contribution in [2.75, 3.05) is 0 Å². The summed E-state index contributed by atoms with van der Waals surface area (Å²) in [4.78, 5) is 44.8. The van der Waals surface area contributed by atoms with E-state index in [2.05, 4.69) is 230 Å². The van der Waals surface area contributed by atoms with Gasteiger partial charge in [0.15, 0.2) is 52.4 Å². The molecular formula is C120H83N9O3. The molecule has 0 bridgehead atoms. The molecule has 0 atom stereocenters. The van der Waals surface area contributed by atoms with E-state index in [9.17, 15) is 0 Å². The number of hydrogen-bond acceptors (Lipinski definition) is 12. The predicted octanol–water partition coefficient (Wildman–Crippen LogP) is 30.6. The Morgan fingerprint density at radius 2 is 0.417 bits per heavy atom. The lowest BCUT2D eigenvalue weighted by atomic mass is 9.78. The van der Waals surface area contributed by atoms with Crippen molar-refractivity contribution in [2.45, 2.75) is 57.8 Å². The zero-order chi connectivity index (χ0) is 88.5. The maximum absolute atomic E-state index is 6.32. The first-order valence-corrected chi connectivity index (χ1v) is 44.8. The van der Waals surface area contributed by atoms with E-state index >= 15 is 0 Å². The third-order valence-electron chi connectivity index (χ3n) is 26.7. The molecule has 0 fully saturated rings. The number of rotatable bonds is 11. The fraction of sp³-hybridized carbons (Fsp3) is 0.0750. The van der Waals surface area contributed by atoms with Gasteiger partial charge < -0.3 is 13.3 Å². The normalized spacial score (nSPS) is 13.3. The molecule has 3 aliphatic rings. The molecule has 0 aliphatic heterocycles. The van der Waals surface area contributed by atoms with Gasteiger partial charge in [-0.25, -0.2) is 44.9 Å². The second kappa shape index (κ2) is 31.3. The summed E-state index contributed by atoms with van der Waals surface area (Å²) < 4.78 is 18.7. The summed E-state index contributed by atoms with van der Waals surface area (Å²) in [5.74, 6) is 5.88. The van der Waals surface area contributed by atoms with Gasteiger partial charge in [0.25, 0.3) is 0 Å². The van der Waals surface area contributed by atoms with Gasteiger partial charge in [-0.1, -0.05) is 369 Å². The van der Waals surface area contributed by atoms with Crippen LogP contribution in [0.15, 0.2) is 408 Å². The first-order valence-electron chi connectivity index (χ1n) is 44.8. The second-order valence-electron chi connectivity index (χ2n) is 35.8. The molecule has 0 unspecified atom stereocenters. The minimum absolute atomic E-state index is 0.0906. The Bertz CT molecular complexity index is 8420. The molecule has 12 nitrogen and oxygen atoms in total. The third kappa shape index (κ3) is 13.4. The standard InChI is InChI=1S/C42H27N3O2.C42H29N3O.C36H27N3/c1-42(2)33-22-32-27-14-7-9-18-35(27)47-37(32)23-30(33)28-15-10-16-29(38(28)42)41-44-39(24-11-4-3-5-12-24)43-40(45-41)25-19-20-36-31(21-25)26-13-6-8-17-34(26)46-36;1-42(2)35-24-34-31-16-9-10-19-36(31)46-37(34)25-33(35)32-18-11-17-30(38(32)42)26-20-22-29(23-21-26)41-44-39(27-12-5-3-6-13-27)43-40(45-41)28-14-7-4-8-15-28;1-36(2)31-22-10-9-19-29(31)30-21-12-20-28(32(30)36)26-17-11-18-27(23-26)35-38-33(24-13-5-3-6-14-24)37-34(39-35)25-15-7-4-8-16-25/h3-23H,1-2H3;3-25H,1-2H3;3-23H,1-2H3. The molecule has 132 heavy (non-hydrogen) atoms. The van der Waals surface area contributed by atoms with Crippen LogP contribution in [0.3, 0.4) is 0 Å². The summed E-state index contributed by atoms with van der Waals surface area (Å²) in [6.07, 6.45) is 0. The van der Waals surface area contributed by atoms with Gasteiger partial charge in [-0.2, -0.15) is 0 Å². The maximum Gasteiger partial charge on any atom is 0.164 e. The van der Waals surface area contributed by atoms with Crippen molar-refractivity contribution >= 4 is 65.8 Å². The largest absolute Gasteiger partial charge is 0.456 e. The molecule has 6 aromatic heterocycles. The Morgan fingerprint density at radius 3 is 0.856 bits per heavy atom. The highest BCUT2D eigenvalue weighted by atomic mass is 16.3. The van der Waals surface area contributed by atoms with E-state index < -0.39 is 0 Å². The van der Waals surface area contributed by atoms with Crippen molar-refractivity contribution in [3.8, 4) is 158 Å². The van der Waals surface area contributed by atoms with Gasteiger partial charge in [0.2, 0.25) is 0 Å². The Balaban J connectivity index is 0.000000110. The number of furan rings is 3. The van der Waals surface area contributed by atoms with Crippen molar-refractivity contribution in [1.82, 2.24) is 44.9 Å². The lowest BCUT2D eigenvalue weighted by Crippen LogP contribution is -2.17. The highest BCUT2D eigenvalue weighted by Gasteiger charge is 2.42. The predicted molar refractivity (Wildman–Crippen MR) is 534 cm³/mol. The van der Waals surface area contributed by atoms with Gasteiger partial charge in [-0.05, 0) is 156 Å². The van der Waals surface area contributed by atoms with Gasteiger partial charge in [0.05, 0.1) is 0 Å².